The molecule has 238 valence electrons. The summed E-state index contributed by atoms with van der Waals surface area (Å²) in [4.78, 5) is 2.31. The van der Waals surface area contributed by atoms with E-state index in [4.69, 9.17) is 11.0 Å². The van der Waals surface area contributed by atoms with Crippen molar-refractivity contribution in [3.05, 3.63) is 169 Å². The summed E-state index contributed by atoms with van der Waals surface area (Å²) in [7, 11) is 0. The van der Waals surface area contributed by atoms with Gasteiger partial charge in [-0.1, -0.05) is 99.5 Å². The third-order valence-corrected chi connectivity index (χ3v) is 10.0. The SMILES string of the molecule is [2H]c1c([2H])c([2H])c2c(c1[2H])c1c([2H])c([2H])c([2H])c([2H])c1n2-c1ccc2cc3c(cc2c1)-c1cc2ccc(N(c4ccccc4)c4cccc(C(C)(C)C)c4)cc2cc1-3. The van der Waals surface area contributed by atoms with Crippen LogP contribution in [0, 0.1) is 0 Å². The molecule has 9 aromatic rings. The summed E-state index contributed by atoms with van der Waals surface area (Å²) in [5.41, 5.74) is 9.81. The van der Waals surface area contributed by atoms with Crippen LogP contribution in [0.4, 0.5) is 17.1 Å². The van der Waals surface area contributed by atoms with Crippen LogP contribution in [-0.4, -0.2) is 4.57 Å². The standard InChI is InChI=1S/C48H36N2/c1-48(2,3)35-12-11-15-37(30-35)49(36-13-5-4-6-14-36)38-22-20-31-26-42-44(28-33(31)24-38)43-27-32-21-23-39(25-34(32)29-45(42)43)50-46-18-9-7-16-40(46)41-17-8-10-19-47(41)50/h4-30H,1-3H3/i7D,8D,9D,10D,16D,17D,18D,19D. The van der Waals surface area contributed by atoms with Gasteiger partial charge < -0.3 is 9.47 Å². The molecule has 1 aliphatic carbocycles. The first kappa shape index (κ1) is 21.8. The number of benzene rings is 8. The first-order chi connectivity index (χ1) is 27.7. The maximum Gasteiger partial charge on any atom is 0.0645 e. The Labute approximate surface area is 303 Å². The van der Waals surface area contributed by atoms with E-state index in [9.17, 15) is 0 Å². The van der Waals surface area contributed by atoms with Crippen molar-refractivity contribution in [1.82, 2.24) is 4.57 Å². The fraction of sp³-hybridized carbons (Fsp3) is 0.0833. The van der Waals surface area contributed by atoms with Crippen LogP contribution in [0.2, 0.25) is 0 Å². The van der Waals surface area contributed by atoms with Gasteiger partial charge in [0.25, 0.3) is 0 Å². The molecule has 0 spiro atoms. The molecule has 0 N–H and O–H groups in total. The van der Waals surface area contributed by atoms with Crippen molar-refractivity contribution in [1.29, 1.82) is 0 Å². The van der Waals surface area contributed by atoms with Gasteiger partial charge >= 0.3 is 0 Å². The normalized spacial score (nSPS) is 14.5. The molecule has 0 fully saturated rings. The van der Waals surface area contributed by atoms with E-state index < -0.39 is 24.2 Å². The smallest absolute Gasteiger partial charge is 0.0645 e. The Morgan fingerprint density at radius 2 is 1.02 bits per heavy atom. The number of fused-ring (bicyclic) bond motifs is 9. The predicted octanol–water partition coefficient (Wildman–Crippen LogP) is 13.5. The van der Waals surface area contributed by atoms with Gasteiger partial charge in [0.2, 0.25) is 0 Å². The van der Waals surface area contributed by atoms with E-state index in [1.807, 2.05) is 24.3 Å². The van der Waals surface area contributed by atoms with Gasteiger partial charge in [-0.25, -0.2) is 0 Å². The topological polar surface area (TPSA) is 8.17 Å². The Morgan fingerprint density at radius 3 is 1.66 bits per heavy atom. The molecule has 2 heteroatoms. The summed E-state index contributed by atoms with van der Waals surface area (Å²) in [6.45, 7) is 6.70. The van der Waals surface area contributed by atoms with Crippen LogP contribution in [-0.2, 0) is 5.41 Å². The lowest BCUT2D eigenvalue weighted by Crippen LogP contribution is -2.14. The van der Waals surface area contributed by atoms with Crippen LogP contribution in [0.25, 0.3) is 71.3 Å². The Balaban J connectivity index is 1.10. The zero-order chi connectivity index (χ0) is 40.5. The summed E-state index contributed by atoms with van der Waals surface area (Å²) in [5, 5.41) is 4.25. The van der Waals surface area contributed by atoms with Crippen LogP contribution in [0.15, 0.2) is 164 Å². The largest absolute Gasteiger partial charge is 0.310 e. The van der Waals surface area contributed by atoms with Crippen molar-refractivity contribution in [3.8, 4) is 27.9 Å². The number of hydrogen-bond donors (Lipinski definition) is 0. The highest BCUT2D eigenvalue weighted by Crippen LogP contribution is 2.51. The number of rotatable bonds is 4. The monoisotopic (exact) mass is 648 g/mol. The maximum absolute atomic E-state index is 8.90. The Morgan fingerprint density at radius 1 is 0.480 bits per heavy atom. The van der Waals surface area contributed by atoms with E-state index in [1.165, 1.54) is 11.1 Å². The van der Waals surface area contributed by atoms with Crippen molar-refractivity contribution in [2.45, 2.75) is 26.2 Å². The molecular formula is C48H36N2. The summed E-state index contributed by atoms with van der Waals surface area (Å²) in [6, 6.07) is 37.3. The number of para-hydroxylation sites is 3. The van der Waals surface area contributed by atoms with E-state index >= 15 is 0 Å². The van der Waals surface area contributed by atoms with Crippen LogP contribution >= 0.6 is 0 Å². The van der Waals surface area contributed by atoms with E-state index in [0.29, 0.717) is 5.69 Å². The van der Waals surface area contributed by atoms with Gasteiger partial charge in [0.15, 0.2) is 0 Å². The highest BCUT2D eigenvalue weighted by Gasteiger charge is 2.25. The Kier molecular flexibility index (Phi) is 4.65. The van der Waals surface area contributed by atoms with Gasteiger partial charge in [0.05, 0.1) is 22.0 Å². The molecule has 1 aliphatic rings. The molecule has 2 nitrogen and oxygen atoms in total. The van der Waals surface area contributed by atoms with Crippen LogP contribution in [0.5, 0.6) is 0 Å². The van der Waals surface area contributed by atoms with Gasteiger partial charge in [-0.15, -0.1) is 0 Å². The first-order valence-electron chi connectivity index (χ1n) is 20.9. The number of anilines is 3. The highest BCUT2D eigenvalue weighted by molar-refractivity contribution is 6.13. The van der Waals surface area contributed by atoms with Gasteiger partial charge in [-0.05, 0) is 140 Å². The lowest BCUT2D eigenvalue weighted by atomic mass is 9.78. The molecule has 1 heterocycles. The van der Waals surface area contributed by atoms with E-state index in [1.54, 1.807) is 4.57 Å². The Bertz CT molecular complexity index is 3180. The van der Waals surface area contributed by atoms with Crippen LogP contribution in [0.1, 0.15) is 37.3 Å². The predicted molar refractivity (Wildman–Crippen MR) is 214 cm³/mol. The lowest BCUT2D eigenvalue weighted by Gasteiger charge is -2.29. The second-order valence-electron chi connectivity index (χ2n) is 14.1. The van der Waals surface area contributed by atoms with Crippen molar-refractivity contribution in [3.63, 3.8) is 0 Å². The Hall–Kier alpha value is -6.12. The van der Waals surface area contributed by atoms with E-state index in [2.05, 4.69) is 117 Å². The number of hydrogen-bond acceptors (Lipinski definition) is 1. The molecule has 0 unspecified atom stereocenters. The molecule has 0 aliphatic heterocycles. The fourth-order valence-corrected chi connectivity index (χ4v) is 7.49. The van der Waals surface area contributed by atoms with Crippen molar-refractivity contribution >= 4 is 60.4 Å². The van der Waals surface area contributed by atoms with Gasteiger partial charge in [-0.3, -0.25) is 0 Å². The zero-order valence-electron chi connectivity index (χ0n) is 35.9. The molecule has 0 radical (unpaired) electrons. The molecule has 0 saturated carbocycles. The highest BCUT2D eigenvalue weighted by atomic mass is 15.1. The van der Waals surface area contributed by atoms with Crippen molar-refractivity contribution < 1.29 is 11.0 Å². The summed E-state index contributed by atoms with van der Waals surface area (Å²) < 4.78 is 70.6. The van der Waals surface area contributed by atoms with Crippen LogP contribution in [0.3, 0.4) is 0 Å². The summed E-state index contributed by atoms with van der Waals surface area (Å²) in [5.74, 6) is 0. The minimum absolute atomic E-state index is 0.00214. The van der Waals surface area contributed by atoms with Gasteiger partial charge in [0, 0.05) is 33.5 Å². The quantitative estimate of drug-likeness (QED) is 0.184. The number of aromatic nitrogens is 1. The molecule has 0 atom stereocenters. The molecule has 8 aromatic carbocycles. The van der Waals surface area contributed by atoms with Gasteiger partial charge in [-0.2, -0.15) is 0 Å². The molecule has 1 aromatic heterocycles. The fourth-order valence-electron chi connectivity index (χ4n) is 7.49. The zero-order valence-corrected chi connectivity index (χ0v) is 27.9. The van der Waals surface area contributed by atoms with Crippen molar-refractivity contribution in [2.75, 3.05) is 4.90 Å². The lowest BCUT2D eigenvalue weighted by molar-refractivity contribution is 0.590. The van der Waals surface area contributed by atoms with E-state index in [0.717, 1.165) is 55.3 Å². The van der Waals surface area contributed by atoms with Gasteiger partial charge in [0.1, 0.15) is 0 Å². The van der Waals surface area contributed by atoms with Crippen LogP contribution < -0.4 is 4.90 Å². The third-order valence-electron chi connectivity index (χ3n) is 10.0. The minimum Gasteiger partial charge on any atom is -0.310 e. The third kappa shape index (κ3) is 4.42. The van der Waals surface area contributed by atoms with Crippen molar-refractivity contribution in [2.24, 2.45) is 0 Å². The molecule has 50 heavy (non-hydrogen) atoms. The maximum atomic E-state index is 8.90. The summed E-state index contributed by atoms with van der Waals surface area (Å²) in [6.07, 6.45) is 0. The average molecular weight is 649 g/mol. The first-order valence-corrected chi connectivity index (χ1v) is 16.9. The second kappa shape index (κ2) is 10.7. The molecular weight excluding hydrogens is 605 g/mol. The second-order valence-corrected chi connectivity index (χ2v) is 14.1. The molecule has 10 rings (SSSR count). The molecule has 0 amide bonds. The van der Waals surface area contributed by atoms with E-state index in [-0.39, 0.29) is 51.4 Å². The summed E-state index contributed by atoms with van der Waals surface area (Å²) >= 11 is 0. The minimum atomic E-state index is -0.455. The number of nitrogens with zero attached hydrogens (tertiary/aromatic N) is 2. The molecule has 0 saturated heterocycles. The molecule has 0 bridgehead atoms. The average Bonchev–Trinajstić information content (AvgIpc) is 3.59.